The number of rotatable bonds is 4. The average molecular weight is 222 g/mol. The molecule has 0 aliphatic rings. The lowest BCUT2D eigenvalue weighted by molar-refractivity contribution is 0.391. The Morgan fingerprint density at radius 2 is 1.94 bits per heavy atom. The van der Waals surface area contributed by atoms with E-state index in [-0.39, 0.29) is 0 Å². The van der Waals surface area contributed by atoms with Crippen LogP contribution in [0.15, 0.2) is 8.94 Å². The number of aromatic nitrogens is 3. The second-order valence-electron chi connectivity index (χ2n) is 3.62. The van der Waals surface area contributed by atoms with Crippen LogP contribution in [-0.4, -0.2) is 15.4 Å². The molecule has 2 heterocycles. The first-order valence-electron chi connectivity index (χ1n) is 5.08. The fourth-order valence-electron chi connectivity index (χ4n) is 1.46. The summed E-state index contributed by atoms with van der Waals surface area (Å²) in [4.78, 5) is 0. The highest BCUT2D eigenvalue weighted by Crippen LogP contribution is 2.11. The first kappa shape index (κ1) is 10.8. The topological polar surface area (TPSA) is 77.0 Å². The third kappa shape index (κ3) is 2.27. The molecule has 0 amide bonds. The monoisotopic (exact) mass is 222 g/mol. The van der Waals surface area contributed by atoms with Gasteiger partial charge in [-0.05, 0) is 13.8 Å². The molecule has 0 saturated heterocycles. The highest BCUT2D eigenvalue weighted by molar-refractivity contribution is 5.20. The Labute approximate surface area is 93.0 Å². The van der Waals surface area contributed by atoms with Gasteiger partial charge in [0.15, 0.2) is 0 Å². The molecule has 0 atom stereocenters. The molecule has 6 nitrogen and oxygen atoms in total. The second-order valence-corrected chi connectivity index (χ2v) is 3.62. The van der Waals surface area contributed by atoms with Crippen molar-refractivity contribution in [1.82, 2.24) is 20.7 Å². The molecular weight excluding hydrogens is 208 g/mol. The van der Waals surface area contributed by atoms with Gasteiger partial charge in [-0.15, -0.1) is 10.2 Å². The summed E-state index contributed by atoms with van der Waals surface area (Å²) in [5, 5.41) is 14.7. The third-order valence-corrected chi connectivity index (χ3v) is 2.33. The van der Waals surface area contributed by atoms with Crippen molar-refractivity contribution >= 4 is 0 Å². The van der Waals surface area contributed by atoms with Gasteiger partial charge in [-0.1, -0.05) is 5.16 Å². The number of nitrogens with one attached hydrogen (secondary N) is 1. The minimum atomic E-state index is 0.547. The van der Waals surface area contributed by atoms with Crippen LogP contribution < -0.4 is 5.32 Å². The number of nitrogens with zero attached hydrogens (tertiary/aromatic N) is 3. The van der Waals surface area contributed by atoms with Crippen LogP contribution in [0.4, 0.5) is 0 Å². The Morgan fingerprint density at radius 3 is 2.50 bits per heavy atom. The van der Waals surface area contributed by atoms with Gasteiger partial charge in [0.1, 0.15) is 5.76 Å². The molecule has 2 aromatic heterocycles. The Hall–Kier alpha value is -1.69. The van der Waals surface area contributed by atoms with Gasteiger partial charge in [-0.2, -0.15) is 0 Å². The van der Waals surface area contributed by atoms with E-state index in [4.69, 9.17) is 8.94 Å². The number of hydrogen-bond acceptors (Lipinski definition) is 6. The Morgan fingerprint density at radius 1 is 1.12 bits per heavy atom. The van der Waals surface area contributed by atoms with Gasteiger partial charge in [0.05, 0.1) is 12.2 Å². The summed E-state index contributed by atoms with van der Waals surface area (Å²) in [5.74, 6) is 2.00. The van der Waals surface area contributed by atoms with Crippen LogP contribution in [0.2, 0.25) is 0 Å². The third-order valence-electron chi connectivity index (χ3n) is 2.33. The Kier molecular flexibility index (Phi) is 3.00. The van der Waals surface area contributed by atoms with Crippen LogP contribution in [0.5, 0.6) is 0 Å². The molecule has 1 N–H and O–H groups in total. The fraction of sp³-hybridized carbons (Fsp3) is 0.500. The summed E-state index contributed by atoms with van der Waals surface area (Å²) in [5.41, 5.74) is 1.99. The molecule has 0 radical (unpaired) electrons. The quantitative estimate of drug-likeness (QED) is 0.839. The van der Waals surface area contributed by atoms with Gasteiger partial charge in [0.25, 0.3) is 0 Å². The molecular formula is C10H14N4O2. The molecule has 2 rings (SSSR count). The van der Waals surface area contributed by atoms with Gasteiger partial charge in [0, 0.05) is 19.0 Å². The highest BCUT2D eigenvalue weighted by Gasteiger charge is 2.08. The number of hydrogen-bond donors (Lipinski definition) is 1. The predicted octanol–water partition coefficient (Wildman–Crippen LogP) is 1.27. The molecule has 16 heavy (non-hydrogen) atoms. The summed E-state index contributed by atoms with van der Waals surface area (Å²) in [6.45, 7) is 6.82. The van der Waals surface area contributed by atoms with E-state index in [1.54, 1.807) is 6.92 Å². The predicted molar refractivity (Wildman–Crippen MR) is 55.6 cm³/mol. The van der Waals surface area contributed by atoms with Gasteiger partial charge in [-0.25, -0.2) is 0 Å². The molecule has 0 aliphatic heterocycles. The molecule has 0 bridgehead atoms. The summed E-state index contributed by atoms with van der Waals surface area (Å²) < 4.78 is 10.3. The fourth-order valence-corrected chi connectivity index (χ4v) is 1.46. The maximum atomic E-state index is 5.24. The van der Waals surface area contributed by atoms with Crippen LogP contribution in [-0.2, 0) is 13.1 Å². The summed E-state index contributed by atoms with van der Waals surface area (Å²) in [6.07, 6.45) is 0. The second kappa shape index (κ2) is 4.44. The largest absolute Gasteiger partial charge is 0.424 e. The van der Waals surface area contributed by atoms with Crippen molar-refractivity contribution in [2.45, 2.75) is 33.9 Å². The van der Waals surface area contributed by atoms with Crippen molar-refractivity contribution in [3.05, 3.63) is 28.8 Å². The van der Waals surface area contributed by atoms with Crippen LogP contribution in [0.25, 0.3) is 0 Å². The molecule has 0 unspecified atom stereocenters. The molecule has 2 aromatic rings. The van der Waals surface area contributed by atoms with Gasteiger partial charge < -0.3 is 14.3 Å². The summed E-state index contributed by atoms with van der Waals surface area (Å²) in [6, 6.07) is 0. The van der Waals surface area contributed by atoms with E-state index in [2.05, 4.69) is 20.7 Å². The van der Waals surface area contributed by atoms with E-state index in [0.717, 1.165) is 17.0 Å². The van der Waals surface area contributed by atoms with Gasteiger partial charge >= 0.3 is 0 Å². The van der Waals surface area contributed by atoms with E-state index in [1.807, 2.05) is 13.8 Å². The van der Waals surface area contributed by atoms with Crippen LogP contribution in [0, 0.1) is 20.8 Å². The highest BCUT2D eigenvalue weighted by atomic mass is 16.5. The maximum Gasteiger partial charge on any atom is 0.230 e. The van der Waals surface area contributed by atoms with Crippen molar-refractivity contribution in [2.24, 2.45) is 0 Å². The molecule has 0 fully saturated rings. The van der Waals surface area contributed by atoms with Gasteiger partial charge in [-0.3, -0.25) is 0 Å². The first-order chi connectivity index (χ1) is 7.66. The molecule has 0 aliphatic carbocycles. The zero-order chi connectivity index (χ0) is 11.5. The van der Waals surface area contributed by atoms with E-state index in [9.17, 15) is 0 Å². The molecule has 0 aromatic carbocycles. The summed E-state index contributed by atoms with van der Waals surface area (Å²) in [7, 11) is 0. The van der Waals surface area contributed by atoms with Crippen LogP contribution in [0.3, 0.4) is 0 Å². The molecule has 86 valence electrons. The number of aryl methyl sites for hydroxylation is 3. The zero-order valence-corrected chi connectivity index (χ0v) is 9.57. The minimum absolute atomic E-state index is 0.547. The molecule has 0 spiro atoms. The van der Waals surface area contributed by atoms with Crippen LogP contribution in [0.1, 0.15) is 28.8 Å². The average Bonchev–Trinajstić information content (AvgIpc) is 2.78. The van der Waals surface area contributed by atoms with Crippen molar-refractivity contribution in [3.8, 4) is 0 Å². The van der Waals surface area contributed by atoms with Gasteiger partial charge in [0.2, 0.25) is 11.8 Å². The van der Waals surface area contributed by atoms with E-state index < -0.39 is 0 Å². The van der Waals surface area contributed by atoms with Crippen LogP contribution >= 0.6 is 0 Å². The Balaban J connectivity index is 1.89. The minimum Gasteiger partial charge on any atom is -0.424 e. The molecule has 6 heteroatoms. The lowest BCUT2D eigenvalue weighted by Crippen LogP contribution is -2.13. The standard InChI is InChI=1S/C10H14N4O2/c1-6-9(7(2)16-14-6)4-11-5-10-13-12-8(3)15-10/h11H,4-5H2,1-3H3. The summed E-state index contributed by atoms with van der Waals surface area (Å²) >= 11 is 0. The lowest BCUT2D eigenvalue weighted by atomic mass is 10.2. The first-order valence-corrected chi connectivity index (χ1v) is 5.08. The maximum absolute atomic E-state index is 5.24. The zero-order valence-electron chi connectivity index (χ0n) is 9.57. The van der Waals surface area contributed by atoms with E-state index in [0.29, 0.717) is 24.9 Å². The smallest absolute Gasteiger partial charge is 0.230 e. The molecule has 0 saturated carbocycles. The van der Waals surface area contributed by atoms with E-state index >= 15 is 0 Å². The lowest BCUT2D eigenvalue weighted by Gasteiger charge is -2.00. The van der Waals surface area contributed by atoms with E-state index in [1.165, 1.54) is 0 Å². The van der Waals surface area contributed by atoms with Crippen molar-refractivity contribution in [1.29, 1.82) is 0 Å². The Bertz CT molecular complexity index is 455. The van der Waals surface area contributed by atoms with Crippen molar-refractivity contribution in [2.75, 3.05) is 0 Å². The SMILES string of the molecule is Cc1nnc(CNCc2c(C)noc2C)o1. The van der Waals surface area contributed by atoms with Crippen molar-refractivity contribution < 1.29 is 8.94 Å². The van der Waals surface area contributed by atoms with Crippen molar-refractivity contribution in [3.63, 3.8) is 0 Å². The normalized spacial score (nSPS) is 10.9.